The highest BCUT2D eigenvalue weighted by atomic mass is 35.5. The van der Waals surface area contributed by atoms with Gasteiger partial charge in [0.1, 0.15) is 5.82 Å². The summed E-state index contributed by atoms with van der Waals surface area (Å²) in [6.07, 6.45) is 0.768. The van der Waals surface area contributed by atoms with Gasteiger partial charge >= 0.3 is 0 Å². The molecule has 8 heteroatoms. The number of nitrogens with one attached hydrogen (secondary N) is 1. The highest BCUT2D eigenvalue weighted by molar-refractivity contribution is 7.09. The lowest BCUT2D eigenvalue weighted by Gasteiger charge is -2.34. The van der Waals surface area contributed by atoms with Crippen molar-refractivity contribution >= 4 is 34.2 Å². The van der Waals surface area contributed by atoms with Crippen LogP contribution >= 0.6 is 23.1 Å². The normalized spacial score (nSPS) is 14.6. The van der Waals surface area contributed by atoms with Gasteiger partial charge < -0.3 is 10.2 Å². The maximum Gasteiger partial charge on any atom is 0.251 e. The van der Waals surface area contributed by atoms with Gasteiger partial charge in [0, 0.05) is 67.8 Å². The number of rotatable bonds is 7. The summed E-state index contributed by atoms with van der Waals surface area (Å²) in [5, 5.41) is 4.61. The number of amides is 1. The van der Waals surface area contributed by atoms with Crippen molar-refractivity contribution in [3.8, 4) is 0 Å². The van der Waals surface area contributed by atoms with Gasteiger partial charge in [-0.3, -0.25) is 9.69 Å². The van der Waals surface area contributed by atoms with Crippen LogP contribution in [0.5, 0.6) is 0 Å². The smallest absolute Gasteiger partial charge is 0.251 e. The number of benzene rings is 2. The Morgan fingerprint density at radius 2 is 1.77 bits per heavy atom. The molecule has 0 radical (unpaired) electrons. The molecule has 4 rings (SSSR count). The molecule has 0 atom stereocenters. The minimum Gasteiger partial charge on any atom is -0.351 e. The molecule has 1 aliphatic rings. The zero-order valence-corrected chi connectivity index (χ0v) is 19.1. The molecule has 0 unspecified atom stereocenters. The van der Waals surface area contributed by atoms with E-state index in [2.05, 4.69) is 50.7 Å². The van der Waals surface area contributed by atoms with E-state index in [9.17, 15) is 4.79 Å². The number of anilines is 1. The molecular weight excluding hydrogens is 430 g/mol. The molecular formula is C23H26ClN5OS. The van der Waals surface area contributed by atoms with Gasteiger partial charge in [0.2, 0.25) is 5.13 Å². The molecule has 0 spiro atoms. The number of carbonyl (C=O) groups excluding carboxylic acids is 1. The van der Waals surface area contributed by atoms with Gasteiger partial charge in [-0.1, -0.05) is 41.4 Å². The predicted octanol–water partition coefficient (Wildman–Crippen LogP) is 3.64. The summed E-state index contributed by atoms with van der Waals surface area (Å²) < 4.78 is 4.55. The maximum atomic E-state index is 12.2. The van der Waals surface area contributed by atoms with Crippen LogP contribution in [0.15, 0.2) is 48.5 Å². The Morgan fingerprint density at radius 1 is 1.06 bits per heavy atom. The number of piperazine rings is 1. The van der Waals surface area contributed by atoms with E-state index >= 15 is 0 Å². The Labute approximate surface area is 192 Å². The average molecular weight is 456 g/mol. The number of nitrogens with zero attached hydrogens (tertiary/aromatic N) is 4. The molecule has 3 aromatic rings. The van der Waals surface area contributed by atoms with Gasteiger partial charge in [-0.25, -0.2) is 4.98 Å². The molecule has 1 amide bonds. The van der Waals surface area contributed by atoms with E-state index < -0.39 is 0 Å². The molecule has 162 valence electrons. The zero-order valence-electron chi connectivity index (χ0n) is 17.6. The zero-order chi connectivity index (χ0) is 21.6. The van der Waals surface area contributed by atoms with Crippen molar-refractivity contribution in [2.75, 3.05) is 44.2 Å². The Morgan fingerprint density at radius 3 is 2.48 bits per heavy atom. The molecule has 0 saturated carbocycles. The fourth-order valence-corrected chi connectivity index (χ4v) is 4.39. The van der Waals surface area contributed by atoms with E-state index in [-0.39, 0.29) is 5.91 Å². The summed E-state index contributed by atoms with van der Waals surface area (Å²) in [6, 6.07) is 15.5. The third kappa shape index (κ3) is 6.03. The lowest BCUT2D eigenvalue weighted by Crippen LogP contribution is -2.48. The first-order chi connectivity index (χ1) is 15.1. The Balaban J connectivity index is 1.20. The van der Waals surface area contributed by atoms with E-state index in [1.165, 1.54) is 22.7 Å². The highest BCUT2D eigenvalue weighted by Crippen LogP contribution is 2.20. The summed E-state index contributed by atoms with van der Waals surface area (Å²) in [5.41, 5.74) is 3.13. The van der Waals surface area contributed by atoms with Crippen LogP contribution in [0.2, 0.25) is 5.02 Å². The maximum absolute atomic E-state index is 12.2. The molecule has 1 fully saturated rings. The summed E-state index contributed by atoms with van der Waals surface area (Å²) in [7, 11) is 0. The third-order valence-electron chi connectivity index (χ3n) is 5.40. The van der Waals surface area contributed by atoms with Crippen molar-refractivity contribution in [2.45, 2.75) is 13.3 Å². The monoisotopic (exact) mass is 455 g/mol. The second kappa shape index (κ2) is 10.2. The van der Waals surface area contributed by atoms with Crippen LogP contribution in [0.1, 0.15) is 27.3 Å². The predicted molar refractivity (Wildman–Crippen MR) is 126 cm³/mol. The van der Waals surface area contributed by atoms with Crippen molar-refractivity contribution in [3.63, 3.8) is 0 Å². The first-order valence-corrected chi connectivity index (χ1v) is 11.6. The summed E-state index contributed by atoms with van der Waals surface area (Å²) in [5.74, 6) is 0.821. The van der Waals surface area contributed by atoms with Crippen molar-refractivity contribution in [2.24, 2.45) is 0 Å². The van der Waals surface area contributed by atoms with Crippen molar-refractivity contribution < 1.29 is 4.79 Å². The first-order valence-electron chi connectivity index (χ1n) is 10.5. The number of aromatic nitrogens is 2. The Hall–Kier alpha value is -2.48. The van der Waals surface area contributed by atoms with E-state index in [1.807, 2.05) is 0 Å². The fraction of sp³-hybridized carbons (Fsp3) is 0.348. The van der Waals surface area contributed by atoms with Gasteiger partial charge in [0.25, 0.3) is 5.91 Å². The lowest BCUT2D eigenvalue weighted by molar-refractivity contribution is 0.0948. The molecule has 2 heterocycles. The molecule has 0 bridgehead atoms. The molecule has 1 aliphatic heterocycles. The van der Waals surface area contributed by atoms with Crippen molar-refractivity contribution in [3.05, 3.63) is 76.1 Å². The molecule has 0 aliphatic carbocycles. The lowest BCUT2D eigenvalue weighted by atomic mass is 10.1. The fourth-order valence-electron chi connectivity index (χ4n) is 3.53. The number of halogens is 1. The van der Waals surface area contributed by atoms with Gasteiger partial charge in [0.15, 0.2) is 0 Å². The third-order valence-corrected chi connectivity index (χ3v) is 6.47. The second-order valence-electron chi connectivity index (χ2n) is 7.75. The topological polar surface area (TPSA) is 61.4 Å². The van der Waals surface area contributed by atoms with Crippen LogP contribution in [-0.4, -0.2) is 59.4 Å². The molecule has 6 nitrogen and oxygen atoms in total. The van der Waals surface area contributed by atoms with Crippen LogP contribution < -0.4 is 10.2 Å². The molecule has 2 aromatic carbocycles. The van der Waals surface area contributed by atoms with Gasteiger partial charge in [0.05, 0.1) is 0 Å². The average Bonchev–Trinajstić information content (AvgIpc) is 3.25. The van der Waals surface area contributed by atoms with Crippen LogP contribution in [0.3, 0.4) is 0 Å². The minimum atomic E-state index is -0.0646. The van der Waals surface area contributed by atoms with Crippen LogP contribution in [0.25, 0.3) is 0 Å². The van der Waals surface area contributed by atoms with Crippen LogP contribution in [0, 0.1) is 6.92 Å². The number of hydrogen-bond donors (Lipinski definition) is 1. The largest absolute Gasteiger partial charge is 0.351 e. The van der Waals surface area contributed by atoms with Gasteiger partial charge in [-0.2, -0.15) is 4.37 Å². The van der Waals surface area contributed by atoms with Gasteiger partial charge in [-0.05, 0) is 36.8 Å². The molecule has 1 N–H and O–H groups in total. The number of hydrogen-bond acceptors (Lipinski definition) is 6. The van der Waals surface area contributed by atoms with E-state index in [0.717, 1.165) is 50.1 Å². The first kappa shape index (κ1) is 21.7. The SMILES string of the molecule is Cc1ccc(Cc2nsc(N3CCN(CCNC(=O)c4ccc(Cl)cc4)CC3)n2)cc1. The molecule has 1 saturated heterocycles. The second-order valence-corrected chi connectivity index (χ2v) is 8.91. The summed E-state index contributed by atoms with van der Waals surface area (Å²) in [4.78, 5) is 21.6. The van der Waals surface area contributed by atoms with E-state index in [1.54, 1.807) is 24.3 Å². The summed E-state index contributed by atoms with van der Waals surface area (Å²) >= 11 is 7.35. The number of aryl methyl sites for hydroxylation is 1. The molecule has 31 heavy (non-hydrogen) atoms. The Bertz CT molecular complexity index is 998. The quantitative estimate of drug-likeness (QED) is 0.589. The van der Waals surface area contributed by atoms with E-state index in [0.29, 0.717) is 17.1 Å². The summed E-state index contributed by atoms with van der Waals surface area (Å²) in [6.45, 7) is 7.29. The standard InChI is InChI=1S/C23H26ClN5OS/c1-17-2-4-18(5-3-17)16-21-26-23(31-27-21)29-14-12-28(13-15-29)11-10-25-22(30)19-6-8-20(24)9-7-19/h2-9H,10-16H2,1H3,(H,25,30). The van der Waals surface area contributed by atoms with Gasteiger partial charge in [-0.15, -0.1) is 0 Å². The van der Waals surface area contributed by atoms with Crippen molar-refractivity contribution in [1.82, 2.24) is 19.6 Å². The molecule has 1 aromatic heterocycles. The van der Waals surface area contributed by atoms with E-state index in [4.69, 9.17) is 16.6 Å². The van der Waals surface area contributed by atoms with Crippen molar-refractivity contribution in [1.29, 1.82) is 0 Å². The van der Waals surface area contributed by atoms with Crippen LogP contribution in [0.4, 0.5) is 5.13 Å². The minimum absolute atomic E-state index is 0.0646. The van der Waals surface area contributed by atoms with Crippen LogP contribution in [-0.2, 0) is 6.42 Å². The highest BCUT2D eigenvalue weighted by Gasteiger charge is 2.20. The number of carbonyl (C=O) groups is 1. The Kier molecular flexibility index (Phi) is 7.17.